The summed E-state index contributed by atoms with van der Waals surface area (Å²) >= 11 is 0. The van der Waals surface area contributed by atoms with Crippen molar-refractivity contribution in [3.63, 3.8) is 0 Å². The molecular formula is C15H12FNO3. The SMILES string of the molecule is Cc1ccoc1C(=O)Nc1ccc(F)c(C#CCO)c1. The number of halogens is 1. The highest BCUT2D eigenvalue weighted by molar-refractivity contribution is 6.03. The summed E-state index contributed by atoms with van der Waals surface area (Å²) in [6.07, 6.45) is 1.42. The van der Waals surface area contributed by atoms with Crippen LogP contribution in [0.25, 0.3) is 0 Å². The lowest BCUT2D eigenvalue weighted by Crippen LogP contribution is -2.12. The first-order valence-corrected chi connectivity index (χ1v) is 5.86. The minimum Gasteiger partial charge on any atom is -0.459 e. The average molecular weight is 273 g/mol. The summed E-state index contributed by atoms with van der Waals surface area (Å²) in [5, 5.41) is 11.2. The number of hydrogen-bond donors (Lipinski definition) is 2. The minimum absolute atomic E-state index is 0.105. The molecule has 4 nitrogen and oxygen atoms in total. The second-order valence-corrected chi connectivity index (χ2v) is 4.04. The van der Waals surface area contributed by atoms with E-state index in [4.69, 9.17) is 9.52 Å². The van der Waals surface area contributed by atoms with Gasteiger partial charge in [-0.1, -0.05) is 11.8 Å². The van der Waals surface area contributed by atoms with Crippen LogP contribution in [0.5, 0.6) is 0 Å². The highest BCUT2D eigenvalue weighted by Gasteiger charge is 2.13. The van der Waals surface area contributed by atoms with Gasteiger partial charge >= 0.3 is 0 Å². The maximum Gasteiger partial charge on any atom is 0.291 e. The molecule has 1 aromatic heterocycles. The van der Waals surface area contributed by atoms with E-state index in [9.17, 15) is 9.18 Å². The Balaban J connectivity index is 2.22. The van der Waals surface area contributed by atoms with Gasteiger partial charge in [-0.2, -0.15) is 0 Å². The summed E-state index contributed by atoms with van der Waals surface area (Å²) < 4.78 is 18.5. The van der Waals surface area contributed by atoms with Crippen LogP contribution < -0.4 is 5.32 Å². The van der Waals surface area contributed by atoms with Crippen molar-refractivity contribution in [1.82, 2.24) is 0 Å². The van der Waals surface area contributed by atoms with E-state index in [1.165, 1.54) is 24.5 Å². The number of nitrogens with one attached hydrogen (secondary N) is 1. The van der Waals surface area contributed by atoms with Crippen LogP contribution in [-0.4, -0.2) is 17.6 Å². The fraction of sp³-hybridized carbons (Fsp3) is 0.133. The summed E-state index contributed by atoms with van der Waals surface area (Å²) in [5.41, 5.74) is 1.22. The first-order chi connectivity index (χ1) is 9.61. The maximum absolute atomic E-state index is 13.5. The number of rotatable bonds is 2. The molecule has 102 valence electrons. The second kappa shape index (κ2) is 6.04. The topological polar surface area (TPSA) is 62.5 Å². The molecule has 0 aliphatic carbocycles. The van der Waals surface area contributed by atoms with Crippen LogP contribution in [-0.2, 0) is 0 Å². The van der Waals surface area contributed by atoms with Gasteiger partial charge in [0.15, 0.2) is 5.76 Å². The smallest absolute Gasteiger partial charge is 0.291 e. The molecule has 0 spiro atoms. The minimum atomic E-state index is -0.516. The van der Waals surface area contributed by atoms with Gasteiger partial charge in [0.25, 0.3) is 5.91 Å². The third-order valence-electron chi connectivity index (χ3n) is 2.59. The van der Waals surface area contributed by atoms with Gasteiger partial charge in [-0.15, -0.1) is 0 Å². The summed E-state index contributed by atoms with van der Waals surface area (Å²) in [7, 11) is 0. The number of aliphatic hydroxyl groups is 1. The first-order valence-electron chi connectivity index (χ1n) is 5.86. The third kappa shape index (κ3) is 3.05. The highest BCUT2D eigenvalue weighted by atomic mass is 19.1. The van der Waals surface area contributed by atoms with Crippen LogP contribution in [0.15, 0.2) is 34.9 Å². The molecule has 2 aromatic rings. The van der Waals surface area contributed by atoms with Gasteiger partial charge in [0, 0.05) is 11.3 Å². The zero-order valence-corrected chi connectivity index (χ0v) is 10.7. The number of aliphatic hydroxyl groups excluding tert-OH is 1. The van der Waals surface area contributed by atoms with Crippen LogP contribution in [0, 0.1) is 24.6 Å². The van der Waals surface area contributed by atoms with Crippen molar-refractivity contribution in [2.45, 2.75) is 6.92 Å². The number of amides is 1. The largest absolute Gasteiger partial charge is 0.459 e. The molecule has 0 unspecified atom stereocenters. The Bertz CT molecular complexity index is 695. The van der Waals surface area contributed by atoms with Gasteiger partial charge in [-0.25, -0.2) is 4.39 Å². The predicted molar refractivity (Wildman–Crippen MR) is 71.8 cm³/mol. The second-order valence-electron chi connectivity index (χ2n) is 4.04. The third-order valence-corrected chi connectivity index (χ3v) is 2.59. The van der Waals surface area contributed by atoms with E-state index in [0.717, 1.165) is 0 Å². The number of furan rings is 1. The fourth-order valence-corrected chi connectivity index (χ4v) is 1.63. The molecule has 1 amide bonds. The monoisotopic (exact) mass is 273 g/mol. The van der Waals surface area contributed by atoms with Crippen molar-refractivity contribution < 1.29 is 18.7 Å². The molecule has 0 saturated heterocycles. The number of carbonyl (C=O) groups is 1. The van der Waals surface area contributed by atoms with Crippen molar-refractivity contribution in [3.05, 3.63) is 53.2 Å². The fourth-order valence-electron chi connectivity index (χ4n) is 1.63. The van der Waals surface area contributed by atoms with Crippen molar-refractivity contribution in [2.75, 3.05) is 11.9 Å². The Hall–Kier alpha value is -2.58. The van der Waals surface area contributed by atoms with E-state index in [1.54, 1.807) is 13.0 Å². The van der Waals surface area contributed by atoms with Crippen molar-refractivity contribution in [2.24, 2.45) is 0 Å². The quantitative estimate of drug-likeness (QED) is 0.825. The number of carbonyl (C=O) groups excluding carboxylic acids is 1. The summed E-state index contributed by atoms with van der Waals surface area (Å²) in [5.74, 6) is 4.10. The lowest BCUT2D eigenvalue weighted by atomic mass is 10.2. The number of benzene rings is 1. The van der Waals surface area contributed by atoms with Crippen LogP contribution in [0.3, 0.4) is 0 Å². The Labute approximate surface area is 115 Å². The first kappa shape index (κ1) is 13.8. The Morgan fingerprint density at radius 1 is 1.45 bits per heavy atom. The number of anilines is 1. The summed E-state index contributed by atoms with van der Waals surface area (Å²) in [6, 6.07) is 5.70. The van der Waals surface area contributed by atoms with Gasteiger partial charge in [0.1, 0.15) is 12.4 Å². The predicted octanol–water partition coefficient (Wildman–Crippen LogP) is 2.32. The van der Waals surface area contributed by atoms with E-state index in [-0.39, 0.29) is 17.9 Å². The standard InChI is InChI=1S/C15H12FNO3/c1-10-6-8-20-14(10)15(19)17-12-4-5-13(16)11(9-12)3-2-7-18/h4-6,8-9,18H,7H2,1H3,(H,17,19). The highest BCUT2D eigenvalue weighted by Crippen LogP contribution is 2.16. The molecule has 5 heteroatoms. The number of hydrogen-bond acceptors (Lipinski definition) is 3. The summed E-state index contributed by atoms with van der Waals surface area (Å²) in [4.78, 5) is 11.9. The zero-order valence-electron chi connectivity index (χ0n) is 10.7. The molecule has 1 aromatic carbocycles. The van der Waals surface area contributed by atoms with E-state index in [2.05, 4.69) is 17.2 Å². The maximum atomic E-state index is 13.5. The van der Waals surface area contributed by atoms with Crippen LogP contribution in [0.2, 0.25) is 0 Å². The molecule has 1 heterocycles. The van der Waals surface area contributed by atoms with Crippen LogP contribution >= 0.6 is 0 Å². The van der Waals surface area contributed by atoms with E-state index < -0.39 is 11.7 Å². The van der Waals surface area contributed by atoms with E-state index in [1.807, 2.05) is 0 Å². The molecule has 0 fully saturated rings. The van der Waals surface area contributed by atoms with Gasteiger partial charge in [0.2, 0.25) is 0 Å². The van der Waals surface area contributed by atoms with Gasteiger partial charge < -0.3 is 14.8 Å². The van der Waals surface area contributed by atoms with Gasteiger partial charge in [-0.05, 0) is 31.2 Å². The average Bonchev–Trinajstić information content (AvgIpc) is 2.85. The van der Waals surface area contributed by atoms with E-state index in [0.29, 0.717) is 11.3 Å². The Kier molecular flexibility index (Phi) is 4.18. The number of aryl methyl sites for hydroxylation is 1. The molecule has 2 N–H and O–H groups in total. The molecule has 2 rings (SSSR count). The molecule has 0 aliphatic heterocycles. The van der Waals surface area contributed by atoms with Gasteiger partial charge in [-0.3, -0.25) is 4.79 Å². The molecule has 0 bridgehead atoms. The lowest BCUT2D eigenvalue weighted by Gasteiger charge is -2.05. The Morgan fingerprint density at radius 3 is 2.90 bits per heavy atom. The molecule has 0 atom stereocenters. The summed E-state index contributed by atoms with van der Waals surface area (Å²) in [6.45, 7) is 1.39. The van der Waals surface area contributed by atoms with Gasteiger partial charge in [0.05, 0.1) is 11.8 Å². The Morgan fingerprint density at radius 2 is 2.25 bits per heavy atom. The molecule has 0 radical (unpaired) electrons. The molecular weight excluding hydrogens is 261 g/mol. The van der Waals surface area contributed by atoms with E-state index >= 15 is 0 Å². The van der Waals surface area contributed by atoms with Crippen molar-refractivity contribution in [3.8, 4) is 11.8 Å². The molecule has 20 heavy (non-hydrogen) atoms. The lowest BCUT2D eigenvalue weighted by molar-refractivity contribution is 0.0996. The zero-order chi connectivity index (χ0) is 14.5. The molecule has 0 aliphatic rings. The van der Waals surface area contributed by atoms with Crippen LogP contribution in [0.4, 0.5) is 10.1 Å². The van der Waals surface area contributed by atoms with Crippen LogP contribution in [0.1, 0.15) is 21.7 Å². The van der Waals surface area contributed by atoms with Crippen molar-refractivity contribution >= 4 is 11.6 Å². The molecule has 0 saturated carbocycles. The van der Waals surface area contributed by atoms with Crippen molar-refractivity contribution in [1.29, 1.82) is 0 Å². The normalized spacial score (nSPS) is 9.75.